The maximum absolute atomic E-state index is 10.6. The number of benzene rings is 1. The Morgan fingerprint density at radius 1 is 1.50 bits per heavy atom. The van der Waals surface area contributed by atoms with Crippen LogP contribution in [-0.2, 0) is 0 Å². The summed E-state index contributed by atoms with van der Waals surface area (Å²) in [5.74, 6) is 0. The highest BCUT2D eigenvalue weighted by molar-refractivity contribution is 6.94. The van der Waals surface area contributed by atoms with E-state index in [1.165, 1.54) is 6.07 Å². The predicted molar refractivity (Wildman–Crippen MR) is 60.9 cm³/mol. The van der Waals surface area contributed by atoms with Crippen LogP contribution in [0.5, 0.6) is 0 Å². The topological polar surface area (TPSA) is 43.1 Å². The molecular formula is C9H12ClNO2Si. The van der Waals surface area contributed by atoms with Crippen LogP contribution in [0.15, 0.2) is 24.3 Å². The molecule has 1 rings (SSSR count). The Bertz CT molecular complexity index is 354. The van der Waals surface area contributed by atoms with Gasteiger partial charge in [0.25, 0.3) is 5.69 Å². The Labute approximate surface area is 88.9 Å². The van der Waals surface area contributed by atoms with Gasteiger partial charge in [0.2, 0.25) is 0 Å². The molecule has 0 atom stereocenters. The summed E-state index contributed by atoms with van der Waals surface area (Å²) in [5.41, 5.74) is 0.724. The smallest absolute Gasteiger partial charge is 0.258 e. The highest BCUT2D eigenvalue weighted by atomic mass is 35.5. The van der Waals surface area contributed by atoms with Crippen molar-refractivity contribution in [2.24, 2.45) is 0 Å². The molecule has 14 heavy (non-hydrogen) atoms. The van der Waals surface area contributed by atoms with Gasteiger partial charge in [0.15, 0.2) is 0 Å². The van der Waals surface area contributed by atoms with Crippen LogP contribution >= 0.6 is 11.6 Å². The zero-order valence-corrected chi connectivity index (χ0v) is 9.91. The van der Waals surface area contributed by atoms with Gasteiger partial charge >= 0.3 is 0 Å². The summed E-state index contributed by atoms with van der Waals surface area (Å²) >= 11 is 5.85. The summed E-state index contributed by atoms with van der Waals surface area (Å²) in [6.45, 7) is 4.19. The van der Waals surface area contributed by atoms with Gasteiger partial charge in [-0.15, -0.1) is 11.6 Å². The van der Waals surface area contributed by atoms with E-state index in [2.05, 4.69) is 13.1 Å². The van der Waals surface area contributed by atoms with E-state index in [1.54, 1.807) is 12.1 Å². The number of non-ortho nitro benzene ring substituents is 1. The van der Waals surface area contributed by atoms with Gasteiger partial charge in [-0.1, -0.05) is 30.4 Å². The molecule has 0 aliphatic rings. The molecule has 1 aromatic rings. The molecule has 0 radical (unpaired) electrons. The normalized spacial score (nSPS) is 11.4. The first-order valence-electron chi connectivity index (χ1n) is 4.28. The fourth-order valence-electron chi connectivity index (χ4n) is 1.12. The predicted octanol–water partition coefficient (Wildman–Crippen LogP) is 2.29. The van der Waals surface area contributed by atoms with Crippen LogP contribution in [0.1, 0.15) is 0 Å². The van der Waals surface area contributed by atoms with Gasteiger partial charge in [-0.2, -0.15) is 0 Å². The van der Waals surface area contributed by atoms with E-state index in [9.17, 15) is 10.1 Å². The Morgan fingerprint density at radius 3 is 2.64 bits per heavy atom. The molecule has 0 N–H and O–H groups in total. The fourth-order valence-corrected chi connectivity index (χ4v) is 2.82. The van der Waals surface area contributed by atoms with Crippen LogP contribution in [0.25, 0.3) is 0 Å². The number of nitrogens with zero attached hydrogens (tertiary/aromatic N) is 1. The number of alkyl halides is 1. The average molecular weight is 230 g/mol. The standard InChI is InChI=1S/C9H12ClNO2Si/c1-14(2,7-10)9-5-3-4-8(6-9)11(12)13/h3-6H,7H2,1-2H3. The third kappa shape index (κ3) is 2.33. The summed E-state index contributed by atoms with van der Waals surface area (Å²) in [6.07, 6.45) is 0. The monoisotopic (exact) mass is 229 g/mol. The molecule has 5 heteroatoms. The van der Waals surface area contributed by atoms with Crippen LogP contribution < -0.4 is 5.19 Å². The van der Waals surface area contributed by atoms with E-state index in [4.69, 9.17) is 11.6 Å². The minimum Gasteiger partial charge on any atom is -0.258 e. The third-order valence-electron chi connectivity index (χ3n) is 2.17. The molecular weight excluding hydrogens is 218 g/mol. The van der Waals surface area contributed by atoms with Crippen molar-refractivity contribution in [3.05, 3.63) is 34.4 Å². The van der Waals surface area contributed by atoms with Gasteiger partial charge in [-0.25, -0.2) is 0 Å². The molecule has 0 heterocycles. The van der Waals surface area contributed by atoms with Crippen molar-refractivity contribution in [1.29, 1.82) is 0 Å². The molecule has 0 aliphatic heterocycles. The summed E-state index contributed by atoms with van der Waals surface area (Å²) in [4.78, 5) is 10.2. The fraction of sp³-hybridized carbons (Fsp3) is 0.333. The Balaban J connectivity index is 3.12. The zero-order valence-electron chi connectivity index (χ0n) is 8.16. The van der Waals surface area contributed by atoms with Crippen molar-refractivity contribution in [3.8, 4) is 0 Å². The zero-order chi connectivity index (χ0) is 10.8. The molecule has 76 valence electrons. The van der Waals surface area contributed by atoms with Crippen LogP contribution in [0.2, 0.25) is 13.1 Å². The second kappa shape index (κ2) is 4.10. The minimum absolute atomic E-state index is 0.146. The van der Waals surface area contributed by atoms with E-state index >= 15 is 0 Å². The summed E-state index contributed by atoms with van der Waals surface area (Å²) in [6, 6.07) is 6.77. The SMILES string of the molecule is C[Si](C)(CCl)c1cccc([N+](=O)[O-])c1. The number of hydrogen-bond donors (Lipinski definition) is 0. The first-order valence-corrected chi connectivity index (χ1v) is 8.02. The van der Waals surface area contributed by atoms with E-state index in [0.29, 0.717) is 5.50 Å². The molecule has 0 spiro atoms. The van der Waals surface area contributed by atoms with Crippen molar-refractivity contribution in [2.45, 2.75) is 13.1 Å². The van der Waals surface area contributed by atoms with Gasteiger partial charge in [0.1, 0.15) is 0 Å². The Kier molecular flexibility index (Phi) is 3.28. The second-order valence-corrected chi connectivity index (χ2v) is 9.24. The van der Waals surface area contributed by atoms with Crippen molar-refractivity contribution in [3.63, 3.8) is 0 Å². The minimum atomic E-state index is -1.67. The highest BCUT2D eigenvalue weighted by Crippen LogP contribution is 2.12. The van der Waals surface area contributed by atoms with Crippen molar-refractivity contribution < 1.29 is 4.92 Å². The summed E-state index contributed by atoms with van der Waals surface area (Å²) < 4.78 is 0. The second-order valence-electron chi connectivity index (χ2n) is 3.82. The van der Waals surface area contributed by atoms with E-state index < -0.39 is 8.07 Å². The van der Waals surface area contributed by atoms with Crippen LogP contribution in [0.3, 0.4) is 0 Å². The Hall–Kier alpha value is -0.873. The molecule has 0 amide bonds. The lowest BCUT2D eigenvalue weighted by Gasteiger charge is -2.18. The number of rotatable bonds is 3. The van der Waals surface area contributed by atoms with E-state index in [-0.39, 0.29) is 10.6 Å². The molecule has 0 saturated carbocycles. The molecule has 0 fully saturated rings. The lowest BCUT2D eigenvalue weighted by molar-refractivity contribution is -0.384. The molecule has 3 nitrogen and oxygen atoms in total. The van der Waals surface area contributed by atoms with Crippen LogP contribution in [0.4, 0.5) is 5.69 Å². The number of nitro benzene ring substituents is 1. The average Bonchev–Trinajstić information content (AvgIpc) is 2.18. The quantitative estimate of drug-likeness (QED) is 0.346. The van der Waals surface area contributed by atoms with E-state index in [0.717, 1.165) is 5.19 Å². The summed E-state index contributed by atoms with van der Waals surface area (Å²) in [5, 5.41) is 11.6. The maximum atomic E-state index is 10.6. The van der Waals surface area contributed by atoms with Gasteiger partial charge in [-0.05, 0) is 0 Å². The number of hydrogen-bond acceptors (Lipinski definition) is 2. The molecule has 0 unspecified atom stereocenters. The van der Waals surface area contributed by atoms with Gasteiger partial charge in [-0.3, -0.25) is 10.1 Å². The first-order chi connectivity index (χ1) is 6.47. The van der Waals surface area contributed by atoms with Gasteiger partial charge in [0, 0.05) is 17.6 Å². The lowest BCUT2D eigenvalue weighted by Crippen LogP contribution is -2.43. The maximum Gasteiger partial charge on any atom is 0.269 e. The lowest BCUT2D eigenvalue weighted by atomic mass is 10.3. The van der Waals surface area contributed by atoms with Crippen LogP contribution in [-0.4, -0.2) is 18.5 Å². The molecule has 1 aromatic carbocycles. The Morgan fingerprint density at radius 2 is 2.14 bits per heavy atom. The third-order valence-corrected chi connectivity index (χ3v) is 6.72. The van der Waals surface area contributed by atoms with Gasteiger partial charge < -0.3 is 0 Å². The number of nitro groups is 1. The van der Waals surface area contributed by atoms with Crippen LogP contribution in [0, 0.1) is 10.1 Å². The molecule has 0 aromatic heterocycles. The molecule has 0 saturated heterocycles. The van der Waals surface area contributed by atoms with Crippen molar-refractivity contribution in [2.75, 3.05) is 5.50 Å². The van der Waals surface area contributed by atoms with Gasteiger partial charge in [0.05, 0.1) is 13.0 Å². The van der Waals surface area contributed by atoms with Crippen molar-refractivity contribution >= 4 is 30.5 Å². The number of halogens is 1. The molecule has 0 bridgehead atoms. The summed E-state index contributed by atoms with van der Waals surface area (Å²) in [7, 11) is -1.67. The van der Waals surface area contributed by atoms with Crippen molar-refractivity contribution in [1.82, 2.24) is 0 Å². The largest absolute Gasteiger partial charge is 0.269 e. The highest BCUT2D eigenvalue weighted by Gasteiger charge is 2.23. The van der Waals surface area contributed by atoms with E-state index in [1.807, 2.05) is 6.07 Å². The first kappa shape index (κ1) is 11.2. The molecule has 0 aliphatic carbocycles.